The van der Waals surface area contributed by atoms with E-state index in [1.165, 1.54) is 0 Å². The number of halogens is 2. The topological polar surface area (TPSA) is 60.0 Å². The van der Waals surface area contributed by atoms with Crippen LogP contribution in [0.3, 0.4) is 0 Å². The Balaban J connectivity index is 2.23. The van der Waals surface area contributed by atoms with Crippen molar-refractivity contribution in [2.75, 3.05) is 11.1 Å². The maximum absolute atomic E-state index is 12.3. The molecule has 1 heterocycles. The second-order valence-electron chi connectivity index (χ2n) is 4.43. The van der Waals surface area contributed by atoms with Crippen LogP contribution in [-0.2, 0) is 6.54 Å². The standard InChI is InChI=1S/C14H15Br2N3O/c1-2-5-19-8-10(17)7-13(19)14(20)18-12-4-3-9(15)6-11(12)16/h3-4,6-8H,2,5,17H2,1H3,(H,18,20). The van der Waals surface area contributed by atoms with E-state index in [0.717, 1.165) is 27.6 Å². The summed E-state index contributed by atoms with van der Waals surface area (Å²) in [6.45, 7) is 2.82. The molecule has 4 nitrogen and oxygen atoms in total. The SMILES string of the molecule is CCCn1cc(N)cc1C(=O)Nc1ccc(Br)cc1Br. The van der Waals surface area contributed by atoms with E-state index >= 15 is 0 Å². The highest BCUT2D eigenvalue weighted by Crippen LogP contribution is 2.26. The summed E-state index contributed by atoms with van der Waals surface area (Å²) < 4.78 is 3.64. The lowest BCUT2D eigenvalue weighted by Gasteiger charge is -2.10. The summed E-state index contributed by atoms with van der Waals surface area (Å²) in [7, 11) is 0. The Hall–Kier alpha value is -1.27. The Morgan fingerprint density at radius 2 is 2.10 bits per heavy atom. The molecule has 0 saturated carbocycles. The van der Waals surface area contributed by atoms with Gasteiger partial charge in [-0.15, -0.1) is 0 Å². The molecule has 0 aliphatic rings. The quantitative estimate of drug-likeness (QED) is 0.805. The van der Waals surface area contributed by atoms with Crippen molar-refractivity contribution in [3.8, 4) is 0 Å². The number of nitrogens with zero attached hydrogens (tertiary/aromatic N) is 1. The Morgan fingerprint density at radius 1 is 1.35 bits per heavy atom. The first-order valence-electron chi connectivity index (χ1n) is 6.23. The van der Waals surface area contributed by atoms with Gasteiger partial charge in [-0.2, -0.15) is 0 Å². The first-order chi connectivity index (χ1) is 9.51. The summed E-state index contributed by atoms with van der Waals surface area (Å²) >= 11 is 6.81. The third-order valence-corrected chi connectivity index (χ3v) is 3.94. The predicted octanol–water partition coefficient (Wildman–Crippen LogP) is 4.26. The monoisotopic (exact) mass is 399 g/mol. The number of nitrogen functional groups attached to an aromatic ring is 1. The molecule has 0 atom stereocenters. The number of carbonyl (C=O) groups is 1. The smallest absolute Gasteiger partial charge is 0.272 e. The molecule has 106 valence electrons. The van der Waals surface area contributed by atoms with Crippen LogP contribution in [0.4, 0.5) is 11.4 Å². The third-order valence-electron chi connectivity index (χ3n) is 2.79. The van der Waals surface area contributed by atoms with Crippen LogP contribution in [0.25, 0.3) is 0 Å². The largest absolute Gasteiger partial charge is 0.397 e. The molecule has 20 heavy (non-hydrogen) atoms. The molecule has 0 unspecified atom stereocenters. The minimum atomic E-state index is -0.168. The van der Waals surface area contributed by atoms with Gasteiger partial charge in [-0.1, -0.05) is 22.9 Å². The van der Waals surface area contributed by atoms with E-state index in [1.807, 2.05) is 22.8 Å². The lowest BCUT2D eigenvalue weighted by atomic mass is 10.3. The van der Waals surface area contributed by atoms with Crippen LogP contribution in [0, 0.1) is 0 Å². The third kappa shape index (κ3) is 3.43. The first kappa shape index (κ1) is 15.1. The van der Waals surface area contributed by atoms with Crippen molar-refractivity contribution < 1.29 is 4.79 Å². The predicted molar refractivity (Wildman–Crippen MR) is 88.9 cm³/mol. The van der Waals surface area contributed by atoms with Crippen molar-refractivity contribution in [1.82, 2.24) is 4.57 Å². The number of nitrogens with one attached hydrogen (secondary N) is 1. The van der Waals surface area contributed by atoms with Crippen molar-refractivity contribution in [3.63, 3.8) is 0 Å². The highest BCUT2D eigenvalue weighted by molar-refractivity contribution is 9.11. The number of amides is 1. The number of anilines is 2. The van der Waals surface area contributed by atoms with E-state index in [0.29, 0.717) is 11.4 Å². The van der Waals surface area contributed by atoms with Gasteiger partial charge in [0.25, 0.3) is 5.91 Å². The molecule has 0 saturated heterocycles. The van der Waals surface area contributed by atoms with Gasteiger partial charge in [0, 0.05) is 21.7 Å². The minimum Gasteiger partial charge on any atom is -0.397 e. The normalized spacial score (nSPS) is 10.6. The van der Waals surface area contributed by atoms with Crippen LogP contribution < -0.4 is 11.1 Å². The summed E-state index contributed by atoms with van der Waals surface area (Å²) in [6, 6.07) is 7.29. The van der Waals surface area contributed by atoms with Crippen molar-refractivity contribution in [2.45, 2.75) is 19.9 Å². The molecule has 0 radical (unpaired) electrons. The zero-order valence-electron chi connectivity index (χ0n) is 11.0. The molecule has 2 aromatic rings. The summed E-state index contributed by atoms with van der Waals surface area (Å²) in [5, 5.41) is 2.88. The van der Waals surface area contributed by atoms with E-state index in [4.69, 9.17) is 5.73 Å². The van der Waals surface area contributed by atoms with Gasteiger partial charge in [-0.05, 0) is 46.6 Å². The number of aromatic nitrogens is 1. The fourth-order valence-corrected chi connectivity index (χ4v) is 3.07. The number of carbonyl (C=O) groups excluding carboxylic acids is 1. The molecule has 0 aliphatic carbocycles. The Bertz CT molecular complexity index is 637. The highest BCUT2D eigenvalue weighted by atomic mass is 79.9. The Morgan fingerprint density at radius 3 is 2.75 bits per heavy atom. The van der Waals surface area contributed by atoms with Crippen LogP contribution in [-0.4, -0.2) is 10.5 Å². The molecule has 0 spiro atoms. The summed E-state index contributed by atoms with van der Waals surface area (Å²) in [6.07, 6.45) is 2.73. The lowest BCUT2D eigenvalue weighted by molar-refractivity contribution is 0.101. The maximum atomic E-state index is 12.3. The Labute approximate surface area is 134 Å². The minimum absolute atomic E-state index is 0.168. The van der Waals surface area contributed by atoms with Gasteiger partial charge in [0.15, 0.2) is 0 Å². The fraction of sp³-hybridized carbons (Fsp3) is 0.214. The summed E-state index contributed by atoms with van der Waals surface area (Å²) in [5.74, 6) is -0.168. The van der Waals surface area contributed by atoms with E-state index < -0.39 is 0 Å². The molecule has 2 rings (SSSR count). The highest BCUT2D eigenvalue weighted by Gasteiger charge is 2.14. The molecule has 1 aromatic heterocycles. The second-order valence-corrected chi connectivity index (χ2v) is 6.20. The van der Waals surface area contributed by atoms with Gasteiger partial charge in [-0.25, -0.2) is 0 Å². The molecule has 0 aliphatic heterocycles. The van der Waals surface area contributed by atoms with Crippen LogP contribution in [0.15, 0.2) is 39.4 Å². The first-order valence-corrected chi connectivity index (χ1v) is 7.82. The average Bonchev–Trinajstić information content (AvgIpc) is 2.74. The fourth-order valence-electron chi connectivity index (χ4n) is 1.93. The molecule has 1 amide bonds. The van der Waals surface area contributed by atoms with E-state index in [9.17, 15) is 4.79 Å². The van der Waals surface area contributed by atoms with Crippen molar-refractivity contribution in [3.05, 3.63) is 45.1 Å². The zero-order valence-corrected chi connectivity index (χ0v) is 14.2. The number of rotatable bonds is 4. The molecule has 0 bridgehead atoms. The van der Waals surface area contributed by atoms with Gasteiger partial charge in [0.2, 0.25) is 0 Å². The number of benzene rings is 1. The maximum Gasteiger partial charge on any atom is 0.272 e. The molecular formula is C14H15Br2N3O. The van der Waals surface area contributed by atoms with Crippen LogP contribution in [0.1, 0.15) is 23.8 Å². The summed E-state index contributed by atoms with van der Waals surface area (Å²) in [4.78, 5) is 12.3. The van der Waals surface area contributed by atoms with Crippen LogP contribution >= 0.6 is 31.9 Å². The van der Waals surface area contributed by atoms with E-state index in [1.54, 1.807) is 12.3 Å². The van der Waals surface area contributed by atoms with Gasteiger partial charge in [0.1, 0.15) is 5.69 Å². The van der Waals surface area contributed by atoms with Crippen molar-refractivity contribution in [2.24, 2.45) is 0 Å². The molecule has 1 aromatic carbocycles. The van der Waals surface area contributed by atoms with Crippen LogP contribution in [0.5, 0.6) is 0 Å². The molecule has 6 heteroatoms. The van der Waals surface area contributed by atoms with Gasteiger partial charge < -0.3 is 15.6 Å². The average molecular weight is 401 g/mol. The van der Waals surface area contributed by atoms with Gasteiger partial charge >= 0.3 is 0 Å². The second kappa shape index (κ2) is 6.45. The van der Waals surface area contributed by atoms with Crippen molar-refractivity contribution in [1.29, 1.82) is 0 Å². The van der Waals surface area contributed by atoms with Gasteiger partial charge in [-0.3, -0.25) is 4.79 Å². The lowest BCUT2D eigenvalue weighted by Crippen LogP contribution is -2.17. The number of hydrogen-bond acceptors (Lipinski definition) is 2. The van der Waals surface area contributed by atoms with E-state index in [-0.39, 0.29) is 5.91 Å². The Kier molecular flexibility index (Phi) is 4.88. The molecule has 3 N–H and O–H groups in total. The zero-order chi connectivity index (χ0) is 14.7. The number of nitrogens with two attached hydrogens (primary N) is 1. The summed E-state index contributed by atoms with van der Waals surface area (Å²) in [5.41, 5.74) is 7.66. The van der Waals surface area contributed by atoms with E-state index in [2.05, 4.69) is 44.1 Å². The number of aryl methyl sites for hydroxylation is 1. The number of hydrogen-bond donors (Lipinski definition) is 2. The molecule has 0 fully saturated rings. The molecular weight excluding hydrogens is 386 g/mol. The van der Waals surface area contributed by atoms with Crippen molar-refractivity contribution >= 4 is 49.1 Å². The van der Waals surface area contributed by atoms with Gasteiger partial charge in [0.05, 0.1) is 11.4 Å². The van der Waals surface area contributed by atoms with Crippen LogP contribution in [0.2, 0.25) is 0 Å².